The lowest BCUT2D eigenvalue weighted by Gasteiger charge is -2.30. The second kappa shape index (κ2) is 6.72. The Labute approximate surface area is 148 Å². The van der Waals surface area contributed by atoms with Crippen molar-refractivity contribution in [3.63, 3.8) is 0 Å². The maximum absolute atomic E-state index is 12.9. The van der Waals surface area contributed by atoms with Crippen LogP contribution in [0.4, 0.5) is 5.69 Å². The van der Waals surface area contributed by atoms with Gasteiger partial charge in [0.2, 0.25) is 17.7 Å². The van der Waals surface area contributed by atoms with Gasteiger partial charge >= 0.3 is 0 Å². The first kappa shape index (κ1) is 17.2. The summed E-state index contributed by atoms with van der Waals surface area (Å²) >= 11 is 1.38. The quantitative estimate of drug-likeness (QED) is 0.788. The highest BCUT2D eigenvalue weighted by molar-refractivity contribution is 7.99. The summed E-state index contributed by atoms with van der Waals surface area (Å²) in [6, 6.07) is 4.32. The second-order valence-electron chi connectivity index (χ2n) is 5.80. The maximum atomic E-state index is 12.9. The van der Waals surface area contributed by atoms with Crippen LogP contribution in [0.15, 0.2) is 24.8 Å². The lowest BCUT2D eigenvalue weighted by molar-refractivity contribution is -0.136. The van der Waals surface area contributed by atoms with Gasteiger partial charge in [-0.25, -0.2) is 0 Å². The predicted octanol–water partition coefficient (Wildman–Crippen LogP) is 1.22. The summed E-state index contributed by atoms with van der Waals surface area (Å²) in [6.07, 6.45) is 2.23. The summed E-state index contributed by atoms with van der Waals surface area (Å²) < 4.78 is 0. The zero-order valence-corrected chi connectivity index (χ0v) is 14.4. The fourth-order valence-electron chi connectivity index (χ4n) is 3.08. The van der Waals surface area contributed by atoms with Crippen molar-refractivity contribution < 1.29 is 19.2 Å². The van der Waals surface area contributed by atoms with Crippen molar-refractivity contribution in [2.45, 2.75) is 18.9 Å². The van der Waals surface area contributed by atoms with Crippen LogP contribution in [-0.2, 0) is 14.4 Å². The summed E-state index contributed by atoms with van der Waals surface area (Å²) in [7, 11) is 0. The number of amides is 4. The van der Waals surface area contributed by atoms with E-state index in [0.717, 1.165) is 0 Å². The lowest BCUT2D eigenvalue weighted by Crippen LogP contribution is -2.52. The molecule has 1 unspecified atom stereocenters. The molecule has 0 spiro atoms. The molecular formula is C17H17N3O4S. The van der Waals surface area contributed by atoms with Crippen LogP contribution in [0.2, 0.25) is 0 Å². The number of carbonyl (C=O) groups is 4. The van der Waals surface area contributed by atoms with Gasteiger partial charge in [0.15, 0.2) is 0 Å². The SMILES string of the molecule is C=C1c2cccc(NC(=O)CSC)c2C(=O)N1C1CCC(=O)NC1=O. The van der Waals surface area contributed by atoms with E-state index in [4.69, 9.17) is 0 Å². The Morgan fingerprint density at radius 3 is 2.84 bits per heavy atom. The molecule has 2 heterocycles. The van der Waals surface area contributed by atoms with Crippen LogP contribution in [0.3, 0.4) is 0 Å². The molecule has 2 aliphatic rings. The van der Waals surface area contributed by atoms with E-state index in [1.165, 1.54) is 16.7 Å². The summed E-state index contributed by atoms with van der Waals surface area (Å²) in [4.78, 5) is 49.6. The number of rotatable bonds is 4. The molecule has 25 heavy (non-hydrogen) atoms. The molecular weight excluding hydrogens is 342 g/mol. The van der Waals surface area contributed by atoms with E-state index < -0.39 is 17.9 Å². The minimum absolute atomic E-state index is 0.168. The monoisotopic (exact) mass is 359 g/mol. The van der Waals surface area contributed by atoms with Crippen molar-refractivity contribution in [3.8, 4) is 0 Å². The third-order valence-corrected chi connectivity index (χ3v) is 4.72. The first-order chi connectivity index (χ1) is 11.9. The molecule has 0 aromatic heterocycles. The normalized spacial score (nSPS) is 19.7. The summed E-state index contributed by atoms with van der Waals surface area (Å²) in [5.41, 5.74) is 1.70. The Balaban J connectivity index is 1.93. The van der Waals surface area contributed by atoms with Crippen LogP contribution in [-0.4, -0.2) is 46.6 Å². The van der Waals surface area contributed by atoms with Gasteiger partial charge in [0, 0.05) is 17.7 Å². The van der Waals surface area contributed by atoms with E-state index in [0.29, 0.717) is 22.5 Å². The third-order valence-electron chi connectivity index (χ3n) is 4.17. The highest BCUT2D eigenvalue weighted by Gasteiger charge is 2.42. The topological polar surface area (TPSA) is 95.6 Å². The lowest BCUT2D eigenvalue weighted by atomic mass is 10.0. The number of thioether (sulfide) groups is 1. The number of piperidine rings is 1. The Kier molecular flexibility index (Phi) is 4.63. The molecule has 0 radical (unpaired) electrons. The Bertz CT molecular complexity index is 805. The van der Waals surface area contributed by atoms with Gasteiger partial charge in [-0.15, -0.1) is 0 Å². The van der Waals surface area contributed by atoms with Crippen molar-refractivity contribution in [3.05, 3.63) is 35.9 Å². The predicted molar refractivity (Wildman–Crippen MR) is 94.8 cm³/mol. The molecule has 8 heteroatoms. The van der Waals surface area contributed by atoms with E-state index in [1.54, 1.807) is 18.2 Å². The van der Waals surface area contributed by atoms with Crippen molar-refractivity contribution in [1.29, 1.82) is 0 Å². The first-order valence-electron chi connectivity index (χ1n) is 7.72. The molecule has 0 saturated carbocycles. The van der Waals surface area contributed by atoms with Gasteiger partial charge in [-0.3, -0.25) is 29.4 Å². The highest BCUT2D eigenvalue weighted by Crippen LogP contribution is 2.38. The van der Waals surface area contributed by atoms with E-state index >= 15 is 0 Å². The number of anilines is 1. The van der Waals surface area contributed by atoms with Gasteiger partial charge in [0.25, 0.3) is 5.91 Å². The second-order valence-corrected chi connectivity index (χ2v) is 6.66. The number of benzene rings is 1. The van der Waals surface area contributed by atoms with E-state index in [9.17, 15) is 19.2 Å². The standard InChI is InChI=1S/C17H17N3O4S/c1-9-10-4-3-5-11(18-14(22)8-25-2)15(10)17(24)20(9)12-6-7-13(21)19-16(12)23/h3-5,12H,1,6-8H2,2H3,(H,18,22)(H,19,21,23). The molecule has 1 aromatic carbocycles. The Hall–Kier alpha value is -2.61. The number of imide groups is 1. The molecule has 3 rings (SSSR count). The molecule has 0 aliphatic carbocycles. The van der Waals surface area contributed by atoms with Gasteiger partial charge in [0.05, 0.1) is 17.0 Å². The van der Waals surface area contributed by atoms with Crippen LogP contribution >= 0.6 is 11.8 Å². The third kappa shape index (κ3) is 3.05. The van der Waals surface area contributed by atoms with Gasteiger partial charge < -0.3 is 5.32 Å². The average Bonchev–Trinajstić information content (AvgIpc) is 2.81. The maximum Gasteiger partial charge on any atom is 0.261 e. The van der Waals surface area contributed by atoms with Gasteiger partial charge in [-0.05, 0) is 18.7 Å². The molecule has 1 fully saturated rings. The minimum atomic E-state index is -0.778. The molecule has 130 valence electrons. The number of carbonyl (C=O) groups excluding carboxylic acids is 4. The zero-order chi connectivity index (χ0) is 18.1. The van der Waals surface area contributed by atoms with E-state index in [-0.39, 0.29) is 30.4 Å². The van der Waals surface area contributed by atoms with Crippen molar-refractivity contribution in [1.82, 2.24) is 10.2 Å². The molecule has 2 aliphatic heterocycles. The summed E-state index contributed by atoms with van der Waals surface area (Å²) in [5, 5.41) is 4.99. The fraction of sp³-hybridized carbons (Fsp3) is 0.294. The largest absolute Gasteiger partial charge is 0.325 e. The molecule has 2 N–H and O–H groups in total. The number of nitrogens with one attached hydrogen (secondary N) is 2. The number of hydrogen-bond donors (Lipinski definition) is 2. The summed E-state index contributed by atoms with van der Waals surface area (Å²) in [6.45, 7) is 3.94. The molecule has 1 aromatic rings. The van der Waals surface area contributed by atoms with Crippen LogP contribution in [0.25, 0.3) is 5.70 Å². The zero-order valence-electron chi connectivity index (χ0n) is 13.6. The first-order valence-corrected chi connectivity index (χ1v) is 9.11. The van der Waals surface area contributed by atoms with Crippen molar-refractivity contribution in [2.75, 3.05) is 17.3 Å². The molecule has 0 bridgehead atoms. The molecule has 1 atom stereocenters. The van der Waals surface area contributed by atoms with Gasteiger partial charge in [0.1, 0.15) is 6.04 Å². The van der Waals surface area contributed by atoms with E-state index in [2.05, 4.69) is 17.2 Å². The van der Waals surface area contributed by atoms with E-state index in [1.807, 2.05) is 6.26 Å². The number of fused-ring (bicyclic) bond motifs is 1. The highest BCUT2D eigenvalue weighted by atomic mass is 32.2. The van der Waals surface area contributed by atoms with Crippen LogP contribution in [0.1, 0.15) is 28.8 Å². The van der Waals surface area contributed by atoms with Crippen molar-refractivity contribution in [2.24, 2.45) is 0 Å². The summed E-state index contributed by atoms with van der Waals surface area (Å²) in [5.74, 6) is -1.18. The van der Waals surface area contributed by atoms with Crippen molar-refractivity contribution >= 4 is 46.8 Å². The average molecular weight is 359 g/mol. The Morgan fingerprint density at radius 1 is 1.40 bits per heavy atom. The number of hydrogen-bond acceptors (Lipinski definition) is 5. The molecule has 7 nitrogen and oxygen atoms in total. The van der Waals surface area contributed by atoms with Gasteiger partial charge in [-0.2, -0.15) is 11.8 Å². The van der Waals surface area contributed by atoms with Crippen LogP contribution < -0.4 is 10.6 Å². The molecule has 4 amide bonds. The number of nitrogens with zero attached hydrogens (tertiary/aromatic N) is 1. The van der Waals surface area contributed by atoms with Gasteiger partial charge in [-0.1, -0.05) is 18.7 Å². The smallest absolute Gasteiger partial charge is 0.261 e. The van der Waals surface area contributed by atoms with Crippen LogP contribution in [0, 0.1) is 0 Å². The fourth-order valence-corrected chi connectivity index (χ4v) is 3.41. The minimum Gasteiger partial charge on any atom is -0.325 e. The van der Waals surface area contributed by atoms with Crippen LogP contribution in [0.5, 0.6) is 0 Å². The Morgan fingerprint density at radius 2 is 2.16 bits per heavy atom. The molecule has 1 saturated heterocycles.